The van der Waals surface area contributed by atoms with E-state index in [1.54, 1.807) is 0 Å². The molecule has 0 radical (unpaired) electrons. The van der Waals surface area contributed by atoms with Crippen molar-refractivity contribution >= 4 is 5.97 Å². The number of esters is 1. The third kappa shape index (κ3) is 3.32. The molecule has 1 rings (SSSR count). The minimum absolute atomic E-state index is 0.454. The van der Waals surface area contributed by atoms with Crippen LogP contribution in [0.3, 0.4) is 0 Å². The van der Waals surface area contributed by atoms with E-state index in [-0.39, 0.29) is 0 Å². The molecule has 76 valence electrons. The summed E-state index contributed by atoms with van der Waals surface area (Å²) >= 11 is 0. The predicted octanol–water partition coefficient (Wildman–Crippen LogP) is -0.0900. The lowest BCUT2D eigenvalue weighted by Crippen LogP contribution is -2.32. The van der Waals surface area contributed by atoms with Crippen LogP contribution in [0.2, 0.25) is 0 Å². The summed E-state index contributed by atoms with van der Waals surface area (Å²) in [5.74, 6) is -0.0612. The molecule has 0 aliphatic carbocycles. The molecule has 2 N–H and O–H groups in total. The van der Waals surface area contributed by atoms with E-state index in [0.717, 1.165) is 25.9 Å². The van der Waals surface area contributed by atoms with Gasteiger partial charge in [0.05, 0.1) is 7.11 Å². The van der Waals surface area contributed by atoms with Crippen LogP contribution < -0.4 is 5.32 Å². The van der Waals surface area contributed by atoms with Crippen molar-refractivity contribution in [2.45, 2.75) is 25.4 Å². The number of methoxy groups -OCH3 is 1. The van der Waals surface area contributed by atoms with Crippen molar-refractivity contribution in [1.29, 1.82) is 0 Å². The van der Waals surface area contributed by atoms with Gasteiger partial charge in [0.2, 0.25) is 0 Å². The predicted molar refractivity (Wildman–Crippen MR) is 48.2 cm³/mol. The van der Waals surface area contributed by atoms with Gasteiger partial charge in [0.15, 0.2) is 6.10 Å². The van der Waals surface area contributed by atoms with E-state index < -0.39 is 12.1 Å². The molecular weight excluding hydrogens is 170 g/mol. The van der Waals surface area contributed by atoms with Crippen LogP contribution in [0, 0.1) is 5.92 Å². The van der Waals surface area contributed by atoms with Gasteiger partial charge in [-0.3, -0.25) is 0 Å². The van der Waals surface area contributed by atoms with Crippen LogP contribution in [-0.4, -0.2) is 37.4 Å². The van der Waals surface area contributed by atoms with E-state index in [1.807, 2.05) is 0 Å². The van der Waals surface area contributed by atoms with Gasteiger partial charge in [-0.05, 0) is 38.3 Å². The molecule has 1 heterocycles. The van der Waals surface area contributed by atoms with Crippen LogP contribution in [0.1, 0.15) is 19.3 Å². The highest BCUT2D eigenvalue weighted by Gasteiger charge is 2.22. The van der Waals surface area contributed by atoms with Crippen molar-refractivity contribution in [2.24, 2.45) is 5.92 Å². The number of hydrogen-bond acceptors (Lipinski definition) is 4. The van der Waals surface area contributed by atoms with E-state index in [0.29, 0.717) is 12.3 Å². The second kappa shape index (κ2) is 5.19. The fourth-order valence-corrected chi connectivity index (χ4v) is 1.67. The molecule has 0 bridgehead atoms. The number of rotatable bonds is 3. The Labute approximate surface area is 78.3 Å². The van der Waals surface area contributed by atoms with Gasteiger partial charge in [-0.1, -0.05) is 0 Å². The molecule has 0 aromatic heterocycles. The molecule has 1 atom stereocenters. The highest BCUT2D eigenvalue weighted by atomic mass is 16.5. The van der Waals surface area contributed by atoms with Crippen molar-refractivity contribution in [3.05, 3.63) is 0 Å². The molecule has 1 aliphatic rings. The molecule has 1 saturated heterocycles. The number of ether oxygens (including phenoxy) is 1. The first-order chi connectivity index (χ1) is 6.24. The van der Waals surface area contributed by atoms with Crippen molar-refractivity contribution in [2.75, 3.05) is 20.2 Å². The van der Waals surface area contributed by atoms with Gasteiger partial charge in [0.25, 0.3) is 0 Å². The van der Waals surface area contributed by atoms with Crippen LogP contribution in [0.5, 0.6) is 0 Å². The van der Waals surface area contributed by atoms with Crippen molar-refractivity contribution in [3.8, 4) is 0 Å². The molecular formula is C9H17NO3. The Balaban J connectivity index is 2.25. The fraction of sp³-hybridized carbons (Fsp3) is 0.889. The molecule has 1 unspecified atom stereocenters. The average molecular weight is 187 g/mol. The number of aliphatic hydroxyl groups excluding tert-OH is 1. The Morgan fingerprint density at radius 1 is 1.62 bits per heavy atom. The van der Waals surface area contributed by atoms with Gasteiger partial charge in [-0.15, -0.1) is 0 Å². The van der Waals surface area contributed by atoms with Gasteiger partial charge in [-0.2, -0.15) is 0 Å². The van der Waals surface area contributed by atoms with Gasteiger partial charge in [-0.25, -0.2) is 4.79 Å². The third-order valence-electron chi connectivity index (χ3n) is 2.49. The third-order valence-corrected chi connectivity index (χ3v) is 2.49. The second-order valence-electron chi connectivity index (χ2n) is 3.47. The lowest BCUT2D eigenvalue weighted by Gasteiger charge is -2.23. The molecule has 1 aliphatic heterocycles. The minimum atomic E-state index is -0.937. The summed E-state index contributed by atoms with van der Waals surface area (Å²) in [5, 5.41) is 12.6. The Kier molecular flexibility index (Phi) is 4.18. The van der Waals surface area contributed by atoms with Gasteiger partial charge in [0.1, 0.15) is 0 Å². The first kappa shape index (κ1) is 10.5. The number of hydrogen-bond donors (Lipinski definition) is 2. The topological polar surface area (TPSA) is 58.6 Å². The Morgan fingerprint density at radius 2 is 2.23 bits per heavy atom. The first-order valence-electron chi connectivity index (χ1n) is 4.70. The second-order valence-corrected chi connectivity index (χ2v) is 3.47. The smallest absolute Gasteiger partial charge is 0.334 e. The van der Waals surface area contributed by atoms with Crippen LogP contribution in [0.4, 0.5) is 0 Å². The molecule has 1 fully saturated rings. The monoisotopic (exact) mass is 187 g/mol. The van der Waals surface area contributed by atoms with Crippen LogP contribution >= 0.6 is 0 Å². The van der Waals surface area contributed by atoms with Crippen LogP contribution in [0.25, 0.3) is 0 Å². The molecule has 4 nitrogen and oxygen atoms in total. The lowest BCUT2D eigenvalue weighted by atomic mass is 9.92. The van der Waals surface area contributed by atoms with E-state index in [9.17, 15) is 9.90 Å². The summed E-state index contributed by atoms with van der Waals surface area (Å²) in [6.45, 7) is 1.97. The Morgan fingerprint density at radius 3 is 2.77 bits per heavy atom. The molecule has 4 heteroatoms. The molecule has 0 saturated carbocycles. The Bertz CT molecular complexity index is 166. The van der Waals surface area contributed by atoms with E-state index >= 15 is 0 Å². The Hall–Kier alpha value is -0.610. The summed E-state index contributed by atoms with van der Waals surface area (Å²) < 4.78 is 4.45. The van der Waals surface area contributed by atoms with E-state index in [2.05, 4.69) is 10.1 Å². The zero-order chi connectivity index (χ0) is 9.68. The summed E-state index contributed by atoms with van der Waals surface area (Å²) in [7, 11) is 1.30. The minimum Gasteiger partial charge on any atom is -0.467 e. The quantitative estimate of drug-likeness (QED) is 0.606. The summed E-state index contributed by atoms with van der Waals surface area (Å²) in [6, 6.07) is 0. The van der Waals surface area contributed by atoms with Gasteiger partial charge < -0.3 is 15.2 Å². The number of carbonyl (C=O) groups excluding carboxylic acids is 1. The number of piperidine rings is 1. The zero-order valence-electron chi connectivity index (χ0n) is 7.95. The molecule has 0 aromatic rings. The maximum Gasteiger partial charge on any atom is 0.334 e. The highest BCUT2D eigenvalue weighted by Crippen LogP contribution is 2.18. The number of aliphatic hydroxyl groups is 1. The SMILES string of the molecule is COC(=O)C(O)CC1CCNCC1. The van der Waals surface area contributed by atoms with Crippen LogP contribution in [0.15, 0.2) is 0 Å². The largest absolute Gasteiger partial charge is 0.467 e. The first-order valence-corrected chi connectivity index (χ1v) is 4.70. The number of carbonyl (C=O) groups is 1. The maximum atomic E-state index is 10.9. The fourth-order valence-electron chi connectivity index (χ4n) is 1.67. The van der Waals surface area contributed by atoms with E-state index in [1.165, 1.54) is 7.11 Å². The van der Waals surface area contributed by atoms with Crippen LogP contribution in [-0.2, 0) is 9.53 Å². The van der Waals surface area contributed by atoms with Crippen molar-refractivity contribution in [1.82, 2.24) is 5.32 Å². The van der Waals surface area contributed by atoms with Gasteiger partial charge >= 0.3 is 5.97 Å². The van der Waals surface area contributed by atoms with Crippen molar-refractivity contribution in [3.63, 3.8) is 0 Å². The maximum absolute atomic E-state index is 10.9. The van der Waals surface area contributed by atoms with Crippen molar-refractivity contribution < 1.29 is 14.6 Å². The average Bonchev–Trinajstić information content (AvgIpc) is 2.18. The summed E-state index contributed by atoms with van der Waals surface area (Å²) in [5.41, 5.74) is 0. The summed E-state index contributed by atoms with van der Waals surface area (Å²) in [6.07, 6.45) is 1.67. The highest BCUT2D eigenvalue weighted by molar-refractivity contribution is 5.74. The molecule has 13 heavy (non-hydrogen) atoms. The standard InChI is InChI=1S/C9H17NO3/c1-13-9(12)8(11)6-7-2-4-10-5-3-7/h7-8,10-11H,2-6H2,1H3. The lowest BCUT2D eigenvalue weighted by molar-refractivity contribution is -0.151. The molecule has 0 amide bonds. The number of nitrogens with one attached hydrogen (secondary N) is 1. The van der Waals surface area contributed by atoms with E-state index in [4.69, 9.17) is 0 Å². The zero-order valence-corrected chi connectivity index (χ0v) is 7.95. The van der Waals surface area contributed by atoms with Gasteiger partial charge in [0, 0.05) is 0 Å². The summed E-state index contributed by atoms with van der Waals surface area (Å²) in [4.78, 5) is 10.9. The molecule has 0 spiro atoms. The molecule has 0 aromatic carbocycles. The normalized spacial score (nSPS) is 21.1.